The van der Waals surface area contributed by atoms with Crippen molar-refractivity contribution in [1.82, 2.24) is 9.80 Å². The van der Waals surface area contributed by atoms with Gasteiger partial charge in [0.2, 0.25) is 0 Å². The predicted molar refractivity (Wildman–Crippen MR) is 82.1 cm³/mol. The number of rotatable bonds is 4. The first kappa shape index (κ1) is 14.4. The van der Waals surface area contributed by atoms with Crippen LogP contribution in [0.25, 0.3) is 0 Å². The molecule has 2 aliphatic rings. The van der Waals surface area contributed by atoms with Crippen molar-refractivity contribution >= 4 is 5.96 Å². The molecule has 2 atom stereocenters. The fourth-order valence-corrected chi connectivity index (χ4v) is 3.28. The van der Waals surface area contributed by atoms with E-state index in [4.69, 9.17) is 0 Å². The van der Waals surface area contributed by atoms with Gasteiger partial charge in [0.1, 0.15) is 6.10 Å². The van der Waals surface area contributed by atoms with Crippen LogP contribution in [0.4, 0.5) is 0 Å². The Balaban J connectivity index is 1.93. The molecule has 5 heteroatoms. The van der Waals surface area contributed by atoms with Crippen molar-refractivity contribution in [1.29, 1.82) is 0 Å². The molecule has 0 amide bonds. The van der Waals surface area contributed by atoms with E-state index in [0.29, 0.717) is 0 Å². The van der Waals surface area contributed by atoms with Gasteiger partial charge in [-0.2, -0.15) is 0 Å². The quantitative estimate of drug-likeness (QED) is 0.863. The molecule has 2 heterocycles. The summed E-state index contributed by atoms with van der Waals surface area (Å²) in [6.45, 7) is 3.53. The Kier molecular flexibility index (Phi) is 4.41. The Morgan fingerprint density at radius 2 is 1.86 bits per heavy atom. The smallest absolute Gasteiger partial charge is 0.197 e. The van der Waals surface area contributed by atoms with E-state index in [1.165, 1.54) is 0 Å². The highest BCUT2D eigenvalue weighted by atomic mass is 16.3. The molecule has 1 saturated heterocycles. The maximum atomic E-state index is 10.3. The van der Waals surface area contributed by atoms with Crippen molar-refractivity contribution in [3.05, 3.63) is 35.9 Å². The minimum atomic E-state index is -0.808. The summed E-state index contributed by atoms with van der Waals surface area (Å²) < 4.78 is 0. The van der Waals surface area contributed by atoms with E-state index < -0.39 is 6.10 Å². The van der Waals surface area contributed by atoms with Gasteiger partial charge in [0, 0.05) is 26.2 Å². The number of hydrogen-bond donors (Lipinski definition) is 2. The van der Waals surface area contributed by atoms with Gasteiger partial charge in [0.15, 0.2) is 5.96 Å². The zero-order valence-electron chi connectivity index (χ0n) is 12.2. The number of aliphatic imine (C=N–C) groups is 1. The summed E-state index contributed by atoms with van der Waals surface area (Å²) in [5.74, 6) is 0.980. The Labute approximate surface area is 125 Å². The fraction of sp³-hybridized carbons (Fsp3) is 0.562. The highest BCUT2D eigenvalue weighted by Crippen LogP contribution is 2.29. The lowest BCUT2D eigenvalue weighted by Gasteiger charge is -2.45. The Bertz CT molecular complexity index is 492. The molecule has 0 unspecified atom stereocenters. The third-order valence-corrected chi connectivity index (χ3v) is 4.23. The molecule has 0 aromatic heterocycles. The van der Waals surface area contributed by atoms with Crippen molar-refractivity contribution in [2.75, 3.05) is 32.8 Å². The Hall–Kier alpha value is -1.59. The third-order valence-electron chi connectivity index (χ3n) is 4.23. The first-order valence-corrected chi connectivity index (χ1v) is 7.71. The monoisotopic (exact) mass is 289 g/mol. The van der Waals surface area contributed by atoms with Gasteiger partial charge < -0.3 is 20.0 Å². The molecular weight excluding hydrogens is 266 g/mol. The molecule has 0 saturated carbocycles. The van der Waals surface area contributed by atoms with Gasteiger partial charge in [-0.3, -0.25) is 4.99 Å². The van der Waals surface area contributed by atoms with E-state index in [0.717, 1.165) is 50.5 Å². The molecule has 1 fully saturated rings. The molecule has 0 aliphatic carbocycles. The second-order valence-corrected chi connectivity index (χ2v) is 5.67. The van der Waals surface area contributed by atoms with Gasteiger partial charge in [-0.1, -0.05) is 30.3 Å². The molecule has 21 heavy (non-hydrogen) atoms. The van der Waals surface area contributed by atoms with E-state index >= 15 is 0 Å². The summed E-state index contributed by atoms with van der Waals surface area (Å²) in [6.07, 6.45) is 1.34. The first-order chi connectivity index (χ1) is 10.3. The van der Waals surface area contributed by atoms with Crippen molar-refractivity contribution in [3.8, 4) is 0 Å². The summed E-state index contributed by atoms with van der Waals surface area (Å²) in [7, 11) is 0. The number of aliphatic hydroxyl groups excluding tert-OH is 2. The summed E-state index contributed by atoms with van der Waals surface area (Å²) in [5.41, 5.74) is 1.02. The van der Waals surface area contributed by atoms with Gasteiger partial charge in [-0.05, 0) is 18.4 Å². The van der Waals surface area contributed by atoms with Crippen molar-refractivity contribution in [3.63, 3.8) is 0 Å². The maximum Gasteiger partial charge on any atom is 0.197 e. The lowest BCUT2D eigenvalue weighted by Crippen LogP contribution is -2.55. The number of nitrogens with zero attached hydrogens (tertiary/aromatic N) is 3. The molecule has 3 rings (SSSR count). The summed E-state index contributed by atoms with van der Waals surface area (Å²) in [4.78, 5) is 9.14. The van der Waals surface area contributed by atoms with Crippen molar-refractivity contribution < 1.29 is 10.2 Å². The van der Waals surface area contributed by atoms with Crippen LogP contribution in [-0.2, 0) is 0 Å². The van der Waals surface area contributed by atoms with Crippen LogP contribution in [0.15, 0.2) is 35.3 Å². The minimum Gasteiger partial charge on any atom is -0.394 e. The second kappa shape index (κ2) is 6.45. The topological polar surface area (TPSA) is 59.3 Å². The number of hydrogen-bond acceptors (Lipinski definition) is 5. The van der Waals surface area contributed by atoms with Crippen LogP contribution in [0.2, 0.25) is 0 Å². The minimum absolute atomic E-state index is 0.240. The lowest BCUT2D eigenvalue weighted by molar-refractivity contribution is 0.0231. The zero-order valence-corrected chi connectivity index (χ0v) is 12.2. The lowest BCUT2D eigenvalue weighted by atomic mass is 9.99. The first-order valence-electron chi connectivity index (χ1n) is 7.71. The molecule has 114 valence electrons. The summed E-state index contributed by atoms with van der Waals surface area (Å²) >= 11 is 0. The van der Waals surface area contributed by atoms with E-state index in [9.17, 15) is 10.2 Å². The van der Waals surface area contributed by atoms with Crippen LogP contribution in [0.5, 0.6) is 0 Å². The molecule has 1 aromatic carbocycles. The molecule has 0 radical (unpaired) electrons. The van der Waals surface area contributed by atoms with E-state index in [1.54, 1.807) is 0 Å². The molecular formula is C16H23N3O2. The third kappa shape index (κ3) is 2.89. The van der Waals surface area contributed by atoms with Crippen LogP contribution >= 0.6 is 0 Å². The van der Waals surface area contributed by atoms with Crippen LogP contribution in [-0.4, -0.2) is 64.9 Å². The Morgan fingerprint density at radius 1 is 1.10 bits per heavy atom. The second-order valence-electron chi connectivity index (χ2n) is 5.67. The molecule has 0 spiro atoms. The van der Waals surface area contributed by atoms with Crippen LogP contribution in [0, 0.1) is 0 Å². The van der Waals surface area contributed by atoms with Crippen molar-refractivity contribution in [2.24, 2.45) is 4.99 Å². The SMILES string of the molecule is OC[C@@H](O)[C@@H](c1ccccc1)N1CCCN2CCCN=C21. The van der Waals surface area contributed by atoms with E-state index in [-0.39, 0.29) is 12.6 Å². The normalized spacial score (nSPS) is 21.5. The number of benzene rings is 1. The fourth-order valence-electron chi connectivity index (χ4n) is 3.28. The van der Waals surface area contributed by atoms with Crippen LogP contribution in [0.3, 0.4) is 0 Å². The summed E-state index contributed by atoms with van der Waals surface area (Å²) in [5, 5.41) is 19.8. The van der Waals surface area contributed by atoms with Gasteiger partial charge in [0.25, 0.3) is 0 Å². The standard InChI is InChI=1S/C16H23N3O2/c20-12-14(21)15(13-6-2-1-3-7-13)19-11-5-10-18-9-4-8-17-16(18)19/h1-3,6-7,14-15,20-21H,4-5,8-12H2/t14-,15-/m1/s1. The Morgan fingerprint density at radius 3 is 2.62 bits per heavy atom. The van der Waals surface area contributed by atoms with Gasteiger partial charge in [0.05, 0.1) is 12.6 Å². The van der Waals surface area contributed by atoms with Gasteiger partial charge in [-0.25, -0.2) is 0 Å². The molecule has 2 aliphatic heterocycles. The number of aliphatic hydroxyl groups is 2. The summed E-state index contributed by atoms with van der Waals surface area (Å²) in [6, 6.07) is 9.67. The highest BCUT2D eigenvalue weighted by molar-refractivity contribution is 5.82. The molecule has 0 bridgehead atoms. The van der Waals surface area contributed by atoms with Crippen LogP contribution < -0.4 is 0 Å². The molecule has 1 aromatic rings. The zero-order chi connectivity index (χ0) is 14.7. The number of fused-ring (bicyclic) bond motifs is 1. The molecule has 5 nitrogen and oxygen atoms in total. The van der Waals surface area contributed by atoms with Crippen molar-refractivity contribution in [2.45, 2.75) is 25.0 Å². The maximum absolute atomic E-state index is 10.3. The largest absolute Gasteiger partial charge is 0.394 e. The predicted octanol–water partition coefficient (Wildman–Crippen LogP) is 0.848. The van der Waals surface area contributed by atoms with Gasteiger partial charge in [-0.15, -0.1) is 0 Å². The van der Waals surface area contributed by atoms with Crippen LogP contribution in [0.1, 0.15) is 24.4 Å². The number of guanidine groups is 1. The van der Waals surface area contributed by atoms with Gasteiger partial charge >= 0.3 is 0 Å². The average Bonchev–Trinajstić information content (AvgIpc) is 2.56. The average molecular weight is 289 g/mol. The van der Waals surface area contributed by atoms with E-state index in [2.05, 4.69) is 14.8 Å². The van der Waals surface area contributed by atoms with E-state index in [1.807, 2.05) is 30.3 Å². The molecule has 2 N–H and O–H groups in total. The highest BCUT2D eigenvalue weighted by Gasteiger charge is 2.34.